The largest absolute Gasteiger partial charge is 0.345 e. The van der Waals surface area contributed by atoms with Gasteiger partial charge >= 0.3 is 0 Å². The number of halogens is 1. The SMILES string of the molecule is CCn1c(=O)c(-c2ccc(-c3cccnc3)cc2Cl)cc2cnc(NCc3ncno3)nc21. The second kappa shape index (κ2) is 8.79. The molecule has 4 aromatic heterocycles. The molecule has 4 heterocycles. The first-order chi connectivity index (χ1) is 16.1. The second-order valence-corrected chi connectivity index (χ2v) is 7.61. The Morgan fingerprint density at radius 1 is 1.09 bits per heavy atom. The molecule has 1 N–H and O–H groups in total. The molecule has 0 unspecified atom stereocenters. The lowest BCUT2D eigenvalue weighted by Gasteiger charge is -2.13. The zero-order valence-electron chi connectivity index (χ0n) is 17.6. The summed E-state index contributed by atoms with van der Waals surface area (Å²) in [6.07, 6.45) is 6.48. The average molecular weight is 460 g/mol. The Bertz CT molecular complexity index is 1480. The van der Waals surface area contributed by atoms with Crippen LogP contribution in [-0.4, -0.2) is 29.7 Å². The topological polar surface area (TPSA) is 112 Å². The molecule has 10 heteroatoms. The van der Waals surface area contributed by atoms with E-state index in [9.17, 15) is 4.79 Å². The molecule has 0 aliphatic carbocycles. The minimum atomic E-state index is -0.178. The van der Waals surface area contributed by atoms with Crippen molar-refractivity contribution in [3.05, 3.63) is 82.6 Å². The number of aryl methyl sites for hydroxylation is 1. The Balaban J connectivity index is 1.54. The summed E-state index contributed by atoms with van der Waals surface area (Å²) in [5.41, 5.74) is 3.36. The number of nitrogens with one attached hydrogen (secondary N) is 1. The van der Waals surface area contributed by atoms with Crippen LogP contribution in [-0.2, 0) is 13.1 Å². The van der Waals surface area contributed by atoms with Crippen molar-refractivity contribution >= 4 is 28.6 Å². The van der Waals surface area contributed by atoms with Gasteiger partial charge in [0.2, 0.25) is 11.8 Å². The average Bonchev–Trinajstić information content (AvgIpc) is 3.37. The molecule has 164 valence electrons. The third kappa shape index (κ3) is 4.06. The van der Waals surface area contributed by atoms with Crippen molar-refractivity contribution in [1.82, 2.24) is 29.7 Å². The summed E-state index contributed by atoms with van der Waals surface area (Å²) >= 11 is 6.62. The summed E-state index contributed by atoms with van der Waals surface area (Å²) in [4.78, 5) is 30.3. The molecule has 5 rings (SSSR count). The van der Waals surface area contributed by atoms with E-state index in [2.05, 4.69) is 30.4 Å². The third-order valence-corrected chi connectivity index (χ3v) is 5.51. The van der Waals surface area contributed by atoms with Gasteiger partial charge in [0.1, 0.15) is 5.65 Å². The van der Waals surface area contributed by atoms with E-state index in [0.29, 0.717) is 40.2 Å². The molecular weight excluding hydrogens is 442 g/mol. The number of hydrogen-bond acceptors (Lipinski definition) is 8. The summed E-state index contributed by atoms with van der Waals surface area (Å²) in [6.45, 7) is 2.61. The number of benzene rings is 1. The quantitative estimate of drug-likeness (QED) is 0.402. The van der Waals surface area contributed by atoms with E-state index >= 15 is 0 Å². The first-order valence-electron chi connectivity index (χ1n) is 10.2. The highest BCUT2D eigenvalue weighted by Crippen LogP contribution is 2.31. The molecule has 0 saturated heterocycles. The molecule has 0 spiro atoms. The predicted molar refractivity (Wildman–Crippen MR) is 125 cm³/mol. The van der Waals surface area contributed by atoms with Crippen molar-refractivity contribution in [2.45, 2.75) is 20.0 Å². The summed E-state index contributed by atoms with van der Waals surface area (Å²) < 4.78 is 6.58. The molecule has 0 atom stereocenters. The first-order valence-corrected chi connectivity index (χ1v) is 10.6. The molecule has 1 aromatic carbocycles. The minimum absolute atomic E-state index is 0.178. The lowest BCUT2D eigenvalue weighted by atomic mass is 10.0. The fourth-order valence-electron chi connectivity index (χ4n) is 3.61. The van der Waals surface area contributed by atoms with Gasteiger partial charge in [0, 0.05) is 52.2 Å². The van der Waals surface area contributed by atoms with Gasteiger partial charge in [-0.3, -0.25) is 14.3 Å². The fraction of sp³-hybridized carbons (Fsp3) is 0.130. The number of rotatable bonds is 6. The maximum atomic E-state index is 13.4. The minimum Gasteiger partial charge on any atom is -0.345 e. The van der Waals surface area contributed by atoms with Crippen LogP contribution < -0.4 is 10.9 Å². The van der Waals surface area contributed by atoms with E-state index in [-0.39, 0.29) is 12.1 Å². The van der Waals surface area contributed by atoms with Crippen LogP contribution in [0.15, 0.2) is 70.6 Å². The Kier molecular flexibility index (Phi) is 5.54. The monoisotopic (exact) mass is 459 g/mol. The van der Waals surface area contributed by atoms with Crippen molar-refractivity contribution < 1.29 is 4.52 Å². The summed E-state index contributed by atoms with van der Waals surface area (Å²) in [6, 6.07) is 11.2. The molecule has 0 radical (unpaired) electrons. The van der Waals surface area contributed by atoms with Crippen molar-refractivity contribution in [3.8, 4) is 22.3 Å². The molecule has 0 aliphatic heterocycles. The Hall–Kier alpha value is -4.11. The Labute approximate surface area is 193 Å². The van der Waals surface area contributed by atoms with Crippen molar-refractivity contribution in [3.63, 3.8) is 0 Å². The van der Waals surface area contributed by atoms with Gasteiger partial charge in [-0.25, -0.2) is 4.98 Å². The van der Waals surface area contributed by atoms with Gasteiger partial charge in [0.15, 0.2) is 6.33 Å². The number of aromatic nitrogens is 6. The second-order valence-electron chi connectivity index (χ2n) is 7.20. The number of nitrogens with zero attached hydrogens (tertiary/aromatic N) is 6. The third-order valence-electron chi connectivity index (χ3n) is 5.20. The molecule has 0 bridgehead atoms. The van der Waals surface area contributed by atoms with Gasteiger partial charge in [0.25, 0.3) is 5.56 Å². The van der Waals surface area contributed by atoms with Gasteiger partial charge in [-0.15, -0.1) is 0 Å². The van der Waals surface area contributed by atoms with Crippen LogP contribution >= 0.6 is 11.6 Å². The normalized spacial score (nSPS) is 11.1. The Morgan fingerprint density at radius 3 is 2.73 bits per heavy atom. The van der Waals surface area contributed by atoms with Crippen molar-refractivity contribution in [2.75, 3.05) is 5.32 Å². The molecule has 0 saturated carbocycles. The zero-order chi connectivity index (χ0) is 22.8. The van der Waals surface area contributed by atoms with Gasteiger partial charge in [-0.2, -0.15) is 9.97 Å². The summed E-state index contributed by atoms with van der Waals surface area (Å²) in [7, 11) is 0. The lowest BCUT2D eigenvalue weighted by Crippen LogP contribution is -2.22. The van der Waals surface area contributed by atoms with E-state index in [1.807, 2.05) is 37.3 Å². The standard InChI is InChI=1S/C23H18ClN7O2/c1-2-31-21-16(11-26-23(30-21)27-12-20-28-13-29-33-20)8-18(22(31)32)17-6-5-14(9-19(17)24)15-4-3-7-25-10-15/h3-11,13H,2,12H2,1H3,(H,26,27,30). The Morgan fingerprint density at radius 2 is 2.00 bits per heavy atom. The van der Waals surface area contributed by atoms with Crippen LogP contribution in [0.2, 0.25) is 5.02 Å². The summed E-state index contributed by atoms with van der Waals surface area (Å²) in [5, 5.41) is 7.80. The van der Waals surface area contributed by atoms with E-state index in [0.717, 1.165) is 16.5 Å². The molecule has 0 aliphatic rings. The van der Waals surface area contributed by atoms with Gasteiger partial charge in [0.05, 0.1) is 6.54 Å². The van der Waals surface area contributed by atoms with E-state index in [4.69, 9.17) is 16.1 Å². The molecular formula is C23H18ClN7O2. The van der Waals surface area contributed by atoms with Gasteiger partial charge < -0.3 is 9.84 Å². The highest BCUT2D eigenvalue weighted by atomic mass is 35.5. The molecule has 5 aromatic rings. The van der Waals surface area contributed by atoms with E-state index in [1.165, 1.54) is 6.33 Å². The summed E-state index contributed by atoms with van der Waals surface area (Å²) in [5.74, 6) is 0.764. The number of hydrogen-bond donors (Lipinski definition) is 1. The molecule has 0 fully saturated rings. The number of fused-ring (bicyclic) bond motifs is 1. The van der Waals surface area contributed by atoms with Crippen molar-refractivity contribution in [2.24, 2.45) is 0 Å². The van der Waals surface area contributed by atoms with Crippen LogP contribution in [0, 0.1) is 0 Å². The fourth-order valence-corrected chi connectivity index (χ4v) is 3.89. The van der Waals surface area contributed by atoms with Crippen LogP contribution in [0.1, 0.15) is 12.8 Å². The molecule has 0 amide bonds. The van der Waals surface area contributed by atoms with Crippen LogP contribution in [0.4, 0.5) is 5.95 Å². The van der Waals surface area contributed by atoms with Crippen molar-refractivity contribution in [1.29, 1.82) is 0 Å². The highest BCUT2D eigenvalue weighted by molar-refractivity contribution is 6.33. The van der Waals surface area contributed by atoms with Crippen LogP contribution in [0.5, 0.6) is 0 Å². The maximum absolute atomic E-state index is 13.4. The smallest absolute Gasteiger partial charge is 0.260 e. The zero-order valence-corrected chi connectivity index (χ0v) is 18.3. The number of pyridine rings is 2. The predicted octanol–water partition coefficient (Wildman–Crippen LogP) is 4.19. The van der Waals surface area contributed by atoms with E-state index < -0.39 is 0 Å². The molecule has 33 heavy (non-hydrogen) atoms. The lowest BCUT2D eigenvalue weighted by molar-refractivity contribution is 0.382. The van der Waals surface area contributed by atoms with Crippen LogP contribution in [0.25, 0.3) is 33.3 Å². The number of anilines is 1. The molecule has 9 nitrogen and oxygen atoms in total. The van der Waals surface area contributed by atoms with Gasteiger partial charge in [-0.05, 0) is 30.7 Å². The first kappa shape index (κ1) is 20.8. The maximum Gasteiger partial charge on any atom is 0.260 e. The van der Waals surface area contributed by atoms with Gasteiger partial charge in [-0.1, -0.05) is 35.0 Å². The van der Waals surface area contributed by atoms with Crippen LogP contribution in [0.3, 0.4) is 0 Å². The van der Waals surface area contributed by atoms with E-state index in [1.54, 1.807) is 29.2 Å². The highest BCUT2D eigenvalue weighted by Gasteiger charge is 2.15.